The van der Waals surface area contributed by atoms with Crippen LogP contribution in [-0.2, 0) is 16.0 Å². The number of hydrogen-bond donors (Lipinski definition) is 2. The molecule has 2 aliphatic rings. The van der Waals surface area contributed by atoms with Gasteiger partial charge in [0.25, 0.3) is 0 Å². The van der Waals surface area contributed by atoms with E-state index in [0.29, 0.717) is 12.6 Å². The molecule has 0 bridgehead atoms. The van der Waals surface area contributed by atoms with Crippen LogP contribution in [0.15, 0.2) is 17.5 Å². The molecule has 2 unspecified atom stereocenters. The Morgan fingerprint density at radius 1 is 1.12 bits per heavy atom. The Kier molecular flexibility index (Phi) is 6.67. The number of thiophene rings is 1. The first-order valence-electron chi connectivity index (χ1n) is 9.63. The van der Waals surface area contributed by atoms with Crippen LogP contribution in [0.25, 0.3) is 0 Å². The molecule has 0 radical (unpaired) electrons. The van der Waals surface area contributed by atoms with E-state index in [1.54, 1.807) is 11.3 Å². The van der Waals surface area contributed by atoms with Gasteiger partial charge in [-0.15, -0.1) is 11.3 Å². The molecular weight excluding hydrogens is 348 g/mol. The minimum absolute atomic E-state index is 0.0901. The van der Waals surface area contributed by atoms with E-state index in [1.807, 2.05) is 19.9 Å². The SMILES string of the molecule is CC(C(=O)NCCc1cccs1)N1CCN(C(C)C(=O)NC2CC2)CC1. The summed E-state index contributed by atoms with van der Waals surface area (Å²) < 4.78 is 0. The van der Waals surface area contributed by atoms with Gasteiger partial charge in [0.15, 0.2) is 0 Å². The van der Waals surface area contributed by atoms with Crippen LogP contribution in [0.1, 0.15) is 31.6 Å². The summed E-state index contributed by atoms with van der Waals surface area (Å²) in [5.74, 6) is 0.231. The zero-order valence-electron chi connectivity index (χ0n) is 15.7. The molecule has 3 rings (SSSR count). The lowest BCUT2D eigenvalue weighted by Crippen LogP contribution is -2.57. The second kappa shape index (κ2) is 8.97. The molecule has 7 heteroatoms. The number of amides is 2. The maximum Gasteiger partial charge on any atom is 0.237 e. The van der Waals surface area contributed by atoms with Crippen molar-refractivity contribution in [3.63, 3.8) is 0 Å². The second-order valence-corrected chi connectivity index (χ2v) is 8.36. The lowest BCUT2D eigenvalue weighted by molar-refractivity contribution is -0.129. The Morgan fingerprint density at radius 3 is 2.27 bits per heavy atom. The highest BCUT2D eigenvalue weighted by atomic mass is 32.1. The maximum atomic E-state index is 12.4. The van der Waals surface area contributed by atoms with Crippen molar-refractivity contribution in [2.24, 2.45) is 0 Å². The third-order valence-corrected chi connectivity index (χ3v) is 6.31. The van der Waals surface area contributed by atoms with Gasteiger partial charge in [0, 0.05) is 43.6 Å². The lowest BCUT2D eigenvalue weighted by Gasteiger charge is -2.39. The standard InChI is InChI=1S/C19H30N4O2S/c1-14(18(24)20-8-7-17-4-3-13-26-17)22-9-11-23(12-10-22)15(2)19(25)21-16-5-6-16/h3-4,13-16H,5-12H2,1-2H3,(H,20,24)(H,21,25). The lowest BCUT2D eigenvalue weighted by atomic mass is 10.1. The Balaban J connectivity index is 1.37. The van der Waals surface area contributed by atoms with Crippen LogP contribution in [0.4, 0.5) is 0 Å². The highest BCUT2D eigenvalue weighted by Crippen LogP contribution is 2.19. The average molecular weight is 379 g/mol. The van der Waals surface area contributed by atoms with Gasteiger partial charge in [0.1, 0.15) is 0 Å². The number of carbonyl (C=O) groups excluding carboxylic acids is 2. The van der Waals surface area contributed by atoms with E-state index in [2.05, 4.69) is 31.9 Å². The molecule has 26 heavy (non-hydrogen) atoms. The monoisotopic (exact) mass is 378 g/mol. The molecule has 1 aliphatic heterocycles. The summed E-state index contributed by atoms with van der Waals surface area (Å²) >= 11 is 1.72. The number of piperazine rings is 1. The molecule has 0 spiro atoms. The molecule has 1 aromatic rings. The van der Waals surface area contributed by atoms with E-state index in [-0.39, 0.29) is 23.9 Å². The fraction of sp³-hybridized carbons (Fsp3) is 0.684. The predicted octanol–water partition coefficient (Wildman–Crippen LogP) is 1.08. The molecule has 2 amide bonds. The molecule has 2 heterocycles. The summed E-state index contributed by atoms with van der Waals surface area (Å²) in [6.07, 6.45) is 3.12. The molecule has 144 valence electrons. The van der Waals surface area contributed by atoms with Gasteiger partial charge in [-0.25, -0.2) is 0 Å². The van der Waals surface area contributed by atoms with Crippen LogP contribution in [0.5, 0.6) is 0 Å². The maximum absolute atomic E-state index is 12.4. The van der Waals surface area contributed by atoms with E-state index in [4.69, 9.17) is 0 Å². The van der Waals surface area contributed by atoms with E-state index in [1.165, 1.54) is 4.88 Å². The van der Waals surface area contributed by atoms with Crippen molar-refractivity contribution in [2.75, 3.05) is 32.7 Å². The molecule has 2 fully saturated rings. The smallest absolute Gasteiger partial charge is 0.237 e. The Labute approximate surface area is 159 Å². The number of rotatable bonds is 8. The van der Waals surface area contributed by atoms with Crippen molar-refractivity contribution in [3.8, 4) is 0 Å². The van der Waals surface area contributed by atoms with Gasteiger partial charge in [0.05, 0.1) is 12.1 Å². The normalized spacial score (nSPS) is 21.2. The van der Waals surface area contributed by atoms with E-state index >= 15 is 0 Å². The molecular formula is C19H30N4O2S. The fourth-order valence-electron chi connectivity index (χ4n) is 3.30. The molecule has 1 saturated heterocycles. The van der Waals surface area contributed by atoms with Gasteiger partial charge in [-0.1, -0.05) is 6.07 Å². The van der Waals surface area contributed by atoms with Crippen molar-refractivity contribution < 1.29 is 9.59 Å². The van der Waals surface area contributed by atoms with Crippen molar-refractivity contribution in [1.29, 1.82) is 0 Å². The topological polar surface area (TPSA) is 64.7 Å². The summed E-state index contributed by atoms with van der Waals surface area (Å²) in [6, 6.07) is 4.32. The fourth-order valence-corrected chi connectivity index (χ4v) is 4.01. The number of hydrogen-bond acceptors (Lipinski definition) is 5. The van der Waals surface area contributed by atoms with Crippen LogP contribution in [0.3, 0.4) is 0 Å². The first kappa shape index (κ1) is 19.3. The van der Waals surface area contributed by atoms with E-state index < -0.39 is 0 Å². The van der Waals surface area contributed by atoms with Gasteiger partial charge in [-0.2, -0.15) is 0 Å². The molecule has 6 nitrogen and oxygen atoms in total. The largest absolute Gasteiger partial charge is 0.354 e. The quantitative estimate of drug-likeness (QED) is 0.711. The zero-order chi connectivity index (χ0) is 18.5. The van der Waals surface area contributed by atoms with Crippen LogP contribution < -0.4 is 10.6 Å². The summed E-state index contributed by atoms with van der Waals surface area (Å²) in [5, 5.41) is 8.19. The summed E-state index contributed by atoms with van der Waals surface area (Å²) in [5.41, 5.74) is 0. The Bertz CT molecular complexity index is 595. The number of nitrogens with zero attached hydrogens (tertiary/aromatic N) is 2. The van der Waals surface area contributed by atoms with Gasteiger partial charge in [0.2, 0.25) is 11.8 Å². The first-order valence-corrected chi connectivity index (χ1v) is 10.5. The minimum atomic E-state index is -0.129. The van der Waals surface area contributed by atoms with Crippen molar-refractivity contribution in [2.45, 2.75) is 51.2 Å². The van der Waals surface area contributed by atoms with Crippen molar-refractivity contribution in [1.82, 2.24) is 20.4 Å². The highest BCUT2D eigenvalue weighted by Gasteiger charge is 2.31. The minimum Gasteiger partial charge on any atom is -0.354 e. The summed E-state index contributed by atoms with van der Waals surface area (Å²) in [4.78, 5) is 30.3. The molecule has 2 atom stereocenters. The first-order chi connectivity index (χ1) is 12.5. The number of nitrogens with one attached hydrogen (secondary N) is 2. The van der Waals surface area contributed by atoms with Crippen LogP contribution in [-0.4, -0.2) is 72.5 Å². The summed E-state index contributed by atoms with van der Waals surface area (Å²) in [7, 11) is 0. The number of carbonyl (C=O) groups is 2. The van der Waals surface area contributed by atoms with E-state index in [9.17, 15) is 9.59 Å². The third kappa shape index (κ3) is 5.28. The Morgan fingerprint density at radius 2 is 1.73 bits per heavy atom. The summed E-state index contributed by atoms with van der Waals surface area (Å²) in [6.45, 7) is 7.93. The molecule has 2 N–H and O–H groups in total. The molecule has 1 aromatic heterocycles. The molecule has 1 saturated carbocycles. The molecule has 1 aliphatic carbocycles. The van der Waals surface area contributed by atoms with Gasteiger partial charge in [-0.3, -0.25) is 19.4 Å². The predicted molar refractivity (Wildman–Crippen MR) is 104 cm³/mol. The average Bonchev–Trinajstić information content (AvgIpc) is 3.31. The Hall–Kier alpha value is -1.44. The zero-order valence-corrected chi connectivity index (χ0v) is 16.6. The van der Waals surface area contributed by atoms with Gasteiger partial charge < -0.3 is 10.6 Å². The van der Waals surface area contributed by atoms with Gasteiger partial charge in [-0.05, 0) is 44.6 Å². The van der Waals surface area contributed by atoms with E-state index in [0.717, 1.165) is 45.4 Å². The third-order valence-electron chi connectivity index (χ3n) is 5.38. The van der Waals surface area contributed by atoms with Gasteiger partial charge >= 0.3 is 0 Å². The van der Waals surface area contributed by atoms with Crippen LogP contribution >= 0.6 is 11.3 Å². The van der Waals surface area contributed by atoms with Crippen molar-refractivity contribution >= 4 is 23.2 Å². The van der Waals surface area contributed by atoms with Crippen molar-refractivity contribution in [3.05, 3.63) is 22.4 Å². The van der Waals surface area contributed by atoms with Crippen LogP contribution in [0.2, 0.25) is 0 Å². The highest BCUT2D eigenvalue weighted by molar-refractivity contribution is 7.09. The molecule has 0 aromatic carbocycles. The van der Waals surface area contributed by atoms with Crippen LogP contribution in [0, 0.1) is 0 Å². The second-order valence-electron chi connectivity index (χ2n) is 7.33.